The summed E-state index contributed by atoms with van der Waals surface area (Å²) < 4.78 is 0. The molecule has 1 aromatic heterocycles. The average molecular weight is 234 g/mol. The van der Waals surface area contributed by atoms with Gasteiger partial charge in [0.15, 0.2) is 0 Å². The number of nitrogens with one attached hydrogen (secondary N) is 1. The number of aromatic nitrogens is 1. The second kappa shape index (κ2) is 5.27. The van der Waals surface area contributed by atoms with Crippen molar-refractivity contribution in [3.63, 3.8) is 0 Å². The number of rotatable bonds is 2. The molecule has 1 amide bonds. The molecule has 4 heteroatoms. The summed E-state index contributed by atoms with van der Waals surface area (Å²) in [4.78, 5) is 19.6. The zero-order valence-electron chi connectivity index (χ0n) is 10.5. The number of pyridine rings is 1. The van der Waals surface area contributed by atoms with Crippen molar-refractivity contribution < 1.29 is 9.69 Å². The van der Waals surface area contributed by atoms with Gasteiger partial charge in [0.25, 0.3) is 5.91 Å². The predicted octanol–water partition coefficient (Wildman–Crippen LogP) is -0.169. The van der Waals surface area contributed by atoms with Crippen LogP contribution in [0.4, 0.5) is 0 Å². The quantitative estimate of drug-likeness (QED) is 0.771. The van der Waals surface area contributed by atoms with Crippen LogP contribution in [0.3, 0.4) is 0 Å². The Labute approximate surface area is 102 Å². The van der Waals surface area contributed by atoms with Gasteiger partial charge < -0.3 is 9.80 Å². The van der Waals surface area contributed by atoms with Gasteiger partial charge in [0, 0.05) is 18.0 Å². The van der Waals surface area contributed by atoms with Crippen molar-refractivity contribution in [1.29, 1.82) is 0 Å². The van der Waals surface area contributed by atoms with Crippen molar-refractivity contribution in [3.05, 3.63) is 30.1 Å². The second-order valence-electron chi connectivity index (χ2n) is 4.84. The minimum Gasteiger partial charge on any atom is -0.330 e. The maximum Gasteiger partial charge on any atom is 0.254 e. The van der Waals surface area contributed by atoms with Gasteiger partial charge in [-0.15, -0.1) is 0 Å². The molecule has 2 rings (SSSR count). The largest absolute Gasteiger partial charge is 0.330 e. The molecular formula is C13H20N3O+. The maximum atomic E-state index is 12.2. The minimum atomic E-state index is 0.134. The average Bonchev–Trinajstić information content (AvgIpc) is 2.39. The lowest BCUT2D eigenvalue weighted by Crippen LogP contribution is -3.17. The number of carbonyl (C=O) groups excluding carboxylic acids is 1. The molecule has 0 bridgehead atoms. The van der Waals surface area contributed by atoms with Crippen LogP contribution < -0.4 is 4.90 Å². The Balaban J connectivity index is 1.95. The summed E-state index contributed by atoms with van der Waals surface area (Å²) in [6.45, 7) is 8.28. The molecule has 1 saturated heterocycles. The number of piperazine rings is 1. The molecule has 92 valence electrons. The Kier molecular flexibility index (Phi) is 3.74. The Morgan fingerprint density at radius 1 is 1.29 bits per heavy atom. The van der Waals surface area contributed by atoms with Gasteiger partial charge in [-0.25, -0.2) is 0 Å². The number of hydrogen-bond acceptors (Lipinski definition) is 2. The molecule has 0 atom stereocenters. The third-order valence-corrected chi connectivity index (χ3v) is 3.44. The fourth-order valence-electron chi connectivity index (χ4n) is 2.25. The highest BCUT2D eigenvalue weighted by Gasteiger charge is 2.25. The number of hydrogen-bond donors (Lipinski definition) is 1. The van der Waals surface area contributed by atoms with Crippen LogP contribution >= 0.6 is 0 Å². The smallest absolute Gasteiger partial charge is 0.254 e. The molecular weight excluding hydrogens is 214 g/mol. The predicted molar refractivity (Wildman–Crippen MR) is 66.0 cm³/mol. The van der Waals surface area contributed by atoms with E-state index in [0.29, 0.717) is 6.04 Å². The monoisotopic (exact) mass is 234 g/mol. The number of carbonyl (C=O) groups is 1. The molecule has 0 unspecified atom stereocenters. The van der Waals surface area contributed by atoms with E-state index in [9.17, 15) is 4.79 Å². The van der Waals surface area contributed by atoms with Crippen LogP contribution in [0.5, 0.6) is 0 Å². The topological polar surface area (TPSA) is 37.6 Å². The summed E-state index contributed by atoms with van der Waals surface area (Å²) in [6.07, 6.45) is 3.34. The summed E-state index contributed by atoms with van der Waals surface area (Å²) >= 11 is 0. The molecule has 4 nitrogen and oxygen atoms in total. The van der Waals surface area contributed by atoms with Crippen molar-refractivity contribution in [2.24, 2.45) is 0 Å². The molecule has 0 radical (unpaired) electrons. The van der Waals surface area contributed by atoms with Crippen LogP contribution in [-0.4, -0.2) is 48.0 Å². The van der Waals surface area contributed by atoms with Crippen LogP contribution in [0.15, 0.2) is 24.5 Å². The first-order valence-corrected chi connectivity index (χ1v) is 6.22. The van der Waals surface area contributed by atoms with E-state index in [-0.39, 0.29) is 5.91 Å². The van der Waals surface area contributed by atoms with Crippen LogP contribution in [0.2, 0.25) is 0 Å². The number of nitrogens with zero attached hydrogens (tertiary/aromatic N) is 2. The molecule has 2 heterocycles. The van der Waals surface area contributed by atoms with E-state index in [1.165, 1.54) is 0 Å². The van der Waals surface area contributed by atoms with E-state index < -0.39 is 0 Å². The van der Waals surface area contributed by atoms with E-state index >= 15 is 0 Å². The van der Waals surface area contributed by atoms with Crippen LogP contribution in [0.25, 0.3) is 0 Å². The molecule has 1 aromatic rings. The Bertz CT molecular complexity index is 370. The van der Waals surface area contributed by atoms with Gasteiger partial charge in [-0.2, -0.15) is 0 Å². The summed E-state index contributed by atoms with van der Waals surface area (Å²) in [5.74, 6) is 0.134. The summed E-state index contributed by atoms with van der Waals surface area (Å²) in [6, 6.07) is 4.21. The molecule has 0 aromatic carbocycles. The normalized spacial score (nSPS) is 17.5. The third-order valence-electron chi connectivity index (χ3n) is 3.44. The number of quaternary nitrogens is 1. The molecule has 0 aliphatic carbocycles. The van der Waals surface area contributed by atoms with E-state index in [1.54, 1.807) is 29.4 Å². The van der Waals surface area contributed by atoms with Gasteiger partial charge in [-0.05, 0) is 26.0 Å². The second-order valence-corrected chi connectivity index (χ2v) is 4.84. The lowest BCUT2D eigenvalue weighted by molar-refractivity contribution is -0.925. The van der Waals surface area contributed by atoms with E-state index in [4.69, 9.17) is 0 Å². The van der Waals surface area contributed by atoms with Gasteiger partial charge in [0.05, 0.1) is 32.2 Å². The van der Waals surface area contributed by atoms with Crippen LogP contribution in [0, 0.1) is 0 Å². The summed E-state index contributed by atoms with van der Waals surface area (Å²) in [5.41, 5.74) is 0.744. The van der Waals surface area contributed by atoms with E-state index in [0.717, 1.165) is 31.7 Å². The molecule has 0 saturated carbocycles. The first-order valence-electron chi connectivity index (χ1n) is 6.22. The maximum absolute atomic E-state index is 12.2. The van der Waals surface area contributed by atoms with Gasteiger partial charge >= 0.3 is 0 Å². The van der Waals surface area contributed by atoms with Crippen molar-refractivity contribution in [3.8, 4) is 0 Å². The van der Waals surface area contributed by atoms with Crippen LogP contribution in [0.1, 0.15) is 24.2 Å². The minimum absolute atomic E-state index is 0.134. The third kappa shape index (κ3) is 2.82. The molecule has 17 heavy (non-hydrogen) atoms. The zero-order chi connectivity index (χ0) is 12.3. The van der Waals surface area contributed by atoms with Gasteiger partial charge in [0.1, 0.15) is 0 Å². The first-order chi connectivity index (χ1) is 8.18. The Morgan fingerprint density at radius 2 is 1.88 bits per heavy atom. The Morgan fingerprint density at radius 3 is 2.41 bits per heavy atom. The number of amides is 1. The van der Waals surface area contributed by atoms with Gasteiger partial charge in [-0.1, -0.05) is 0 Å². The molecule has 1 fully saturated rings. The molecule has 1 N–H and O–H groups in total. The zero-order valence-corrected chi connectivity index (χ0v) is 10.5. The first kappa shape index (κ1) is 12.0. The molecule has 0 spiro atoms. The van der Waals surface area contributed by atoms with Crippen molar-refractivity contribution >= 4 is 5.91 Å². The fourth-order valence-corrected chi connectivity index (χ4v) is 2.25. The summed E-state index contributed by atoms with van der Waals surface area (Å²) in [7, 11) is 0. The SMILES string of the molecule is CC(C)[NH+]1CCN(C(=O)c2ccncc2)CC1. The Hall–Kier alpha value is -1.42. The molecule has 1 aliphatic heterocycles. The lowest BCUT2D eigenvalue weighted by Gasteiger charge is -2.34. The van der Waals surface area contributed by atoms with Gasteiger partial charge in [0.2, 0.25) is 0 Å². The lowest BCUT2D eigenvalue weighted by atomic mass is 10.2. The van der Waals surface area contributed by atoms with Crippen molar-refractivity contribution in [1.82, 2.24) is 9.88 Å². The standard InChI is InChI=1S/C13H19N3O/c1-11(2)15-7-9-16(10-8-15)13(17)12-3-5-14-6-4-12/h3-6,11H,7-10H2,1-2H3/p+1. The van der Waals surface area contributed by atoms with Crippen molar-refractivity contribution in [2.45, 2.75) is 19.9 Å². The highest BCUT2D eigenvalue weighted by molar-refractivity contribution is 5.94. The van der Waals surface area contributed by atoms with Crippen LogP contribution in [-0.2, 0) is 0 Å². The summed E-state index contributed by atoms with van der Waals surface area (Å²) in [5, 5.41) is 0. The fraction of sp³-hybridized carbons (Fsp3) is 0.538. The van der Waals surface area contributed by atoms with Crippen molar-refractivity contribution in [2.75, 3.05) is 26.2 Å². The van der Waals surface area contributed by atoms with E-state index in [1.807, 2.05) is 4.90 Å². The van der Waals surface area contributed by atoms with E-state index in [2.05, 4.69) is 18.8 Å². The highest BCUT2D eigenvalue weighted by Crippen LogP contribution is 2.03. The molecule has 1 aliphatic rings. The highest BCUT2D eigenvalue weighted by atomic mass is 16.2. The van der Waals surface area contributed by atoms with Gasteiger partial charge in [-0.3, -0.25) is 9.78 Å².